The first kappa shape index (κ1) is 18.3. The lowest BCUT2D eigenvalue weighted by Crippen LogP contribution is -2.28. The molecule has 4 nitrogen and oxygen atoms in total. The summed E-state index contributed by atoms with van der Waals surface area (Å²) >= 11 is 6.04. The van der Waals surface area contributed by atoms with E-state index in [-0.39, 0.29) is 11.9 Å². The summed E-state index contributed by atoms with van der Waals surface area (Å²) in [7, 11) is 1.62. The summed E-state index contributed by atoms with van der Waals surface area (Å²) in [6, 6.07) is 14.6. The Balaban J connectivity index is 2.06. The average molecular weight is 348 g/mol. The van der Waals surface area contributed by atoms with Crippen LogP contribution in [0.5, 0.6) is 5.75 Å². The van der Waals surface area contributed by atoms with E-state index in [1.807, 2.05) is 37.3 Å². The second kappa shape index (κ2) is 9.30. The molecule has 0 bridgehead atoms. The number of ether oxygens (including phenoxy) is 2. The van der Waals surface area contributed by atoms with Crippen molar-refractivity contribution in [1.29, 1.82) is 0 Å². The second-order valence-corrected chi connectivity index (χ2v) is 5.79. The highest BCUT2D eigenvalue weighted by Gasteiger charge is 2.15. The van der Waals surface area contributed by atoms with Crippen LogP contribution in [-0.4, -0.2) is 26.2 Å². The van der Waals surface area contributed by atoms with Crippen molar-refractivity contribution < 1.29 is 14.3 Å². The summed E-state index contributed by atoms with van der Waals surface area (Å²) in [6.45, 7) is 2.97. The van der Waals surface area contributed by atoms with Gasteiger partial charge in [-0.2, -0.15) is 0 Å². The number of nitrogens with one attached hydrogen (secondary N) is 1. The third-order valence-corrected chi connectivity index (χ3v) is 3.85. The van der Waals surface area contributed by atoms with Crippen LogP contribution in [-0.2, 0) is 4.74 Å². The van der Waals surface area contributed by atoms with Crippen molar-refractivity contribution in [2.75, 3.05) is 20.3 Å². The zero-order chi connectivity index (χ0) is 17.4. The van der Waals surface area contributed by atoms with Crippen LogP contribution in [0.2, 0.25) is 5.02 Å². The van der Waals surface area contributed by atoms with Crippen molar-refractivity contribution in [2.45, 2.75) is 19.4 Å². The molecule has 0 aromatic heterocycles. The molecular formula is C19H22ClNO3. The molecule has 0 saturated carbocycles. The Hall–Kier alpha value is -2.04. The van der Waals surface area contributed by atoms with Crippen molar-refractivity contribution in [3.8, 4) is 5.75 Å². The molecule has 1 N–H and O–H groups in total. The molecule has 0 heterocycles. The topological polar surface area (TPSA) is 47.6 Å². The molecule has 0 radical (unpaired) electrons. The molecule has 1 atom stereocenters. The summed E-state index contributed by atoms with van der Waals surface area (Å²) < 4.78 is 10.5. The van der Waals surface area contributed by atoms with Crippen molar-refractivity contribution in [3.05, 3.63) is 64.7 Å². The quantitative estimate of drug-likeness (QED) is 0.726. The van der Waals surface area contributed by atoms with Gasteiger partial charge in [0.15, 0.2) is 0 Å². The summed E-state index contributed by atoms with van der Waals surface area (Å²) in [5.41, 5.74) is 1.55. The van der Waals surface area contributed by atoms with Gasteiger partial charge in [-0.05, 0) is 42.3 Å². The number of halogens is 1. The van der Waals surface area contributed by atoms with E-state index >= 15 is 0 Å². The standard InChI is InChI=1S/C19H22ClNO3/c1-3-18(14-6-4-8-16(20)12-14)21-19(22)15-7-5-9-17(13-15)24-11-10-23-2/h4-9,12-13,18H,3,10-11H2,1-2H3,(H,21,22). The lowest BCUT2D eigenvalue weighted by Gasteiger charge is -2.18. The van der Waals surface area contributed by atoms with E-state index in [0.29, 0.717) is 29.5 Å². The summed E-state index contributed by atoms with van der Waals surface area (Å²) in [6.07, 6.45) is 0.774. The van der Waals surface area contributed by atoms with Crippen molar-refractivity contribution in [3.63, 3.8) is 0 Å². The van der Waals surface area contributed by atoms with E-state index in [1.165, 1.54) is 0 Å². The number of amides is 1. The number of benzene rings is 2. The monoisotopic (exact) mass is 347 g/mol. The maximum absolute atomic E-state index is 12.5. The van der Waals surface area contributed by atoms with Crippen LogP contribution in [0.15, 0.2) is 48.5 Å². The molecule has 0 saturated heterocycles. The molecule has 5 heteroatoms. The smallest absolute Gasteiger partial charge is 0.251 e. The Morgan fingerprint density at radius 1 is 1.17 bits per heavy atom. The van der Waals surface area contributed by atoms with Crippen LogP contribution in [0.3, 0.4) is 0 Å². The van der Waals surface area contributed by atoms with E-state index in [0.717, 1.165) is 12.0 Å². The minimum atomic E-state index is -0.140. The number of methoxy groups -OCH3 is 1. The Kier molecular flexibility index (Phi) is 7.09. The van der Waals surface area contributed by atoms with Crippen LogP contribution >= 0.6 is 11.6 Å². The van der Waals surface area contributed by atoms with Crippen LogP contribution in [0, 0.1) is 0 Å². The van der Waals surface area contributed by atoms with Gasteiger partial charge in [0.2, 0.25) is 0 Å². The van der Waals surface area contributed by atoms with Crippen molar-refractivity contribution in [2.24, 2.45) is 0 Å². The molecule has 2 aromatic carbocycles. The summed E-state index contributed by atoms with van der Waals surface area (Å²) in [5, 5.41) is 3.70. The Bertz CT molecular complexity index is 675. The molecule has 24 heavy (non-hydrogen) atoms. The van der Waals surface area contributed by atoms with E-state index in [2.05, 4.69) is 5.32 Å². The van der Waals surface area contributed by atoms with Crippen LogP contribution in [0.25, 0.3) is 0 Å². The fourth-order valence-electron chi connectivity index (χ4n) is 2.36. The Morgan fingerprint density at radius 2 is 1.96 bits per heavy atom. The number of carbonyl (C=O) groups excluding carboxylic acids is 1. The number of hydrogen-bond acceptors (Lipinski definition) is 3. The highest BCUT2D eigenvalue weighted by molar-refractivity contribution is 6.30. The van der Waals surface area contributed by atoms with Gasteiger partial charge in [0, 0.05) is 17.7 Å². The fourth-order valence-corrected chi connectivity index (χ4v) is 2.55. The maximum Gasteiger partial charge on any atom is 0.251 e. The SMILES string of the molecule is CCC(NC(=O)c1cccc(OCCOC)c1)c1cccc(Cl)c1. The molecule has 1 amide bonds. The van der Waals surface area contributed by atoms with Gasteiger partial charge < -0.3 is 14.8 Å². The second-order valence-electron chi connectivity index (χ2n) is 5.36. The molecule has 0 aliphatic carbocycles. The maximum atomic E-state index is 12.5. The zero-order valence-corrected chi connectivity index (χ0v) is 14.7. The van der Waals surface area contributed by atoms with Gasteiger partial charge in [0.25, 0.3) is 5.91 Å². The fraction of sp³-hybridized carbons (Fsp3) is 0.316. The van der Waals surface area contributed by atoms with Crippen molar-refractivity contribution >= 4 is 17.5 Å². The van der Waals surface area contributed by atoms with E-state index in [1.54, 1.807) is 25.3 Å². The minimum absolute atomic E-state index is 0.0886. The van der Waals surface area contributed by atoms with Gasteiger partial charge in [-0.3, -0.25) is 4.79 Å². The molecule has 2 aromatic rings. The number of carbonyl (C=O) groups is 1. The molecular weight excluding hydrogens is 326 g/mol. The summed E-state index contributed by atoms with van der Waals surface area (Å²) in [5.74, 6) is 0.509. The predicted octanol–water partition coefficient (Wildman–Crippen LogP) is 4.25. The predicted molar refractivity (Wildman–Crippen MR) is 95.8 cm³/mol. The largest absolute Gasteiger partial charge is 0.491 e. The van der Waals surface area contributed by atoms with Crippen LogP contribution in [0.4, 0.5) is 0 Å². The summed E-state index contributed by atoms with van der Waals surface area (Å²) in [4.78, 5) is 12.5. The molecule has 0 fully saturated rings. The first-order chi connectivity index (χ1) is 11.6. The molecule has 1 unspecified atom stereocenters. The van der Waals surface area contributed by atoms with Gasteiger partial charge in [0.1, 0.15) is 12.4 Å². The zero-order valence-electron chi connectivity index (χ0n) is 13.9. The third kappa shape index (κ3) is 5.25. The Labute approximate surface area is 147 Å². The van der Waals surface area contributed by atoms with Gasteiger partial charge in [-0.1, -0.05) is 36.7 Å². The lowest BCUT2D eigenvalue weighted by molar-refractivity contribution is 0.0935. The Morgan fingerprint density at radius 3 is 2.67 bits per heavy atom. The average Bonchev–Trinajstić information content (AvgIpc) is 2.60. The van der Waals surface area contributed by atoms with E-state index in [4.69, 9.17) is 21.1 Å². The van der Waals surface area contributed by atoms with Gasteiger partial charge >= 0.3 is 0 Å². The van der Waals surface area contributed by atoms with E-state index in [9.17, 15) is 4.79 Å². The number of rotatable bonds is 8. The van der Waals surface area contributed by atoms with Crippen molar-refractivity contribution in [1.82, 2.24) is 5.32 Å². The highest BCUT2D eigenvalue weighted by Crippen LogP contribution is 2.21. The molecule has 2 rings (SSSR count). The highest BCUT2D eigenvalue weighted by atomic mass is 35.5. The molecule has 0 aliphatic rings. The molecule has 128 valence electrons. The van der Waals surface area contributed by atoms with Gasteiger partial charge in [-0.15, -0.1) is 0 Å². The number of hydrogen-bond donors (Lipinski definition) is 1. The molecule has 0 aliphatic heterocycles. The van der Waals surface area contributed by atoms with Gasteiger partial charge in [0.05, 0.1) is 12.6 Å². The molecule has 0 spiro atoms. The van der Waals surface area contributed by atoms with Crippen LogP contribution in [0.1, 0.15) is 35.3 Å². The lowest BCUT2D eigenvalue weighted by atomic mass is 10.0. The first-order valence-electron chi connectivity index (χ1n) is 7.92. The third-order valence-electron chi connectivity index (χ3n) is 3.62. The normalized spacial score (nSPS) is 11.8. The first-order valence-corrected chi connectivity index (χ1v) is 8.30. The van der Waals surface area contributed by atoms with E-state index < -0.39 is 0 Å². The van der Waals surface area contributed by atoms with Crippen LogP contribution < -0.4 is 10.1 Å². The van der Waals surface area contributed by atoms with Gasteiger partial charge in [-0.25, -0.2) is 0 Å². The minimum Gasteiger partial charge on any atom is -0.491 e.